The van der Waals surface area contributed by atoms with Crippen molar-refractivity contribution in [2.45, 2.75) is 6.42 Å². The largest absolute Gasteiger partial charge is 0.497 e. The van der Waals surface area contributed by atoms with Gasteiger partial charge in [0.05, 0.1) is 13.4 Å². The maximum Gasteiger partial charge on any atom is 0.243 e. The van der Waals surface area contributed by atoms with Crippen LogP contribution in [-0.2, 0) is 11.2 Å². The molecule has 0 spiro atoms. The summed E-state index contributed by atoms with van der Waals surface area (Å²) in [5.74, 6) is 2.53. The van der Waals surface area contributed by atoms with E-state index in [4.69, 9.17) is 9.15 Å². The molecule has 1 aliphatic heterocycles. The molecule has 1 aromatic heterocycles. The van der Waals surface area contributed by atoms with Crippen molar-refractivity contribution in [3.05, 3.63) is 48.4 Å². The fraction of sp³-hybridized carbons (Fsp3) is 0.455. The van der Waals surface area contributed by atoms with Crippen molar-refractivity contribution in [1.82, 2.24) is 15.1 Å². The number of carbonyl (C=O) groups is 1. The Balaban J connectivity index is 1.61. The molecule has 2 heterocycles. The van der Waals surface area contributed by atoms with Crippen molar-refractivity contribution >= 4 is 17.6 Å². The van der Waals surface area contributed by atoms with Gasteiger partial charge in [0.15, 0.2) is 5.96 Å². The molecule has 0 radical (unpaired) electrons. The number of hydrogen-bond donors (Lipinski definition) is 1. The summed E-state index contributed by atoms with van der Waals surface area (Å²) in [4.78, 5) is 22.7. The van der Waals surface area contributed by atoms with E-state index in [1.807, 2.05) is 24.3 Å². The number of ether oxygens (including phenoxy) is 1. The maximum absolute atomic E-state index is 12.0. The highest BCUT2D eigenvalue weighted by atomic mass is 16.5. The third kappa shape index (κ3) is 5.92. The van der Waals surface area contributed by atoms with Crippen LogP contribution in [0.5, 0.6) is 5.75 Å². The number of aliphatic imine (C=N–C) groups is 1. The highest BCUT2D eigenvalue weighted by molar-refractivity contribution is 5.85. The Labute approximate surface area is 178 Å². The molecule has 1 aliphatic rings. The van der Waals surface area contributed by atoms with Gasteiger partial charge in [-0.2, -0.15) is 0 Å². The molecule has 1 amide bonds. The molecule has 8 heteroatoms. The van der Waals surface area contributed by atoms with Gasteiger partial charge in [-0.25, -0.2) is 4.99 Å². The zero-order valence-corrected chi connectivity index (χ0v) is 18.0. The number of rotatable bonds is 7. The van der Waals surface area contributed by atoms with Crippen LogP contribution in [0.3, 0.4) is 0 Å². The van der Waals surface area contributed by atoms with E-state index < -0.39 is 0 Å². The molecular weight excluding hydrogens is 382 g/mol. The molecule has 0 aliphatic carbocycles. The topological polar surface area (TPSA) is 73.6 Å². The highest BCUT2D eigenvalue weighted by Gasteiger charge is 2.21. The quantitative estimate of drug-likeness (QED) is 0.550. The number of likely N-dealkylation sites (N-methyl/N-ethyl adjacent to an activating group) is 1. The van der Waals surface area contributed by atoms with Crippen LogP contribution in [0, 0.1) is 0 Å². The zero-order valence-electron chi connectivity index (χ0n) is 18.0. The normalized spacial score (nSPS) is 14.6. The lowest BCUT2D eigenvalue weighted by molar-refractivity contribution is -0.127. The van der Waals surface area contributed by atoms with E-state index in [9.17, 15) is 4.79 Å². The lowest BCUT2D eigenvalue weighted by Crippen LogP contribution is -2.53. The van der Waals surface area contributed by atoms with Gasteiger partial charge in [0.1, 0.15) is 18.1 Å². The summed E-state index contributed by atoms with van der Waals surface area (Å²) in [6.07, 6.45) is 2.44. The van der Waals surface area contributed by atoms with E-state index in [1.54, 1.807) is 32.4 Å². The first-order chi connectivity index (χ1) is 14.6. The van der Waals surface area contributed by atoms with Gasteiger partial charge in [0.25, 0.3) is 0 Å². The molecule has 1 N–H and O–H groups in total. The first-order valence-corrected chi connectivity index (χ1v) is 10.2. The molecule has 0 unspecified atom stereocenters. The van der Waals surface area contributed by atoms with Gasteiger partial charge in [-0.05, 0) is 24.3 Å². The third-order valence-electron chi connectivity index (χ3n) is 5.10. The monoisotopic (exact) mass is 413 g/mol. The van der Waals surface area contributed by atoms with Gasteiger partial charge in [0, 0.05) is 65.0 Å². The Bertz CT molecular complexity index is 827. The minimum atomic E-state index is -0.0182. The van der Waals surface area contributed by atoms with E-state index in [-0.39, 0.29) is 12.5 Å². The van der Waals surface area contributed by atoms with Gasteiger partial charge in [0.2, 0.25) is 5.91 Å². The van der Waals surface area contributed by atoms with Crippen LogP contribution in [0.15, 0.2) is 52.1 Å². The third-order valence-corrected chi connectivity index (χ3v) is 5.10. The van der Waals surface area contributed by atoms with E-state index in [1.165, 1.54) is 0 Å². The molecule has 30 heavy (non-hydrogen) atoms. The lowest BCUT2D eigenvalue weighted by Gasteiger charge is -2.38. The average Bonchev–Trinajstić information content (AvgIpc) is 3.29. The van der Waals surface area contributed by atoms with E-state index in [0.29, 0.717) is 6.54 Å². The van der Waals surface area contributed by atoms with Crippen molar-refractivity contribution in [2.75, 3.05) is 65.4 Å². The van der Waals surface area contributed by atoms with E-state index >= 15 is 0 Å². The molecule has 0 bridgehead atoms. The maximum atomic E-state index is 12.0. The summed E-state index contributed by atoms with van der Waals surface area (Å²) in [5, 5.41) is 3.40. The second-order valence-corrected chi connectivity index (χ2v) is 7.36. The van der Waals surface area contributed by atoms with Crippen molar-refractivity contribution in [2.24, 2.45) is 4.99 Å². The average molecular weight is 414 g/mol. The van der Waals surface area contributed by atoms with Crippen LogP contribution in [0.25, 0.3) is 0 Å². The second kappa shape index (κ2) is 10.6. The number of benzene rings is 1. The van der Waals surface area contributed by atoms with Gasteiger partial charge >= 0.3 is 0 Å². The molecular formula is C22H31N5O3. The predicted octanol–water partition coefficient (Wildman–Crippen LogP) is 1.69. The van der Waals surface area contributed by atoms with Crippen molar-refractivity contribution in [3.63, 3.8) is 0 Å². The number of amides is 1. The van der Waals surface area contributed by atoms with Gasteiger partial charge in [-0.3, -0.25) is 4.79 Å². The lowest BCUT2D eigenvalue weighted by atomic mass is 10.2. The standard InChI is InChI=1S/C22H31N5O3/c1-25(2)21(28)17-24-22(23-10-9-19-8-5-15-30-19)27-13-11-26(12-14-27)18-6-4-7-20(16-18)29-3/h4-8,15-16H,9-14,17H2,1-3H3,(H,23,24). The number of furan rings is 1. The Hall–Kier alpha value is -3.16. The summed E-state index contributed by atoms with van der Waals surface area (Å²) < 4.78 is 10.7. The summed E-state index contributed by atoms with van der Waals surface area (Å²) >= 11 is 0. The van der Waals surface area contributed by atoms with Crippen LogP contribution in [0.2, 0.25) is 0 Å². The number of guanidine groups is 1. The number of hydrogen-bond acceptors (Lipinski definition) is 5. The first-order valence-electron chi connectivity index (χ1n) is 10.2. The fourth-order valence-corrected chi connectivity index (χ4v) is 3.29. The zero-order chi connectivity index (χ0) is 21.3. The summed E-state index contributed by atoms with van der Waals surface area (Å²) in [7, 11) is 5.17. The minimum Gasteiger partial charge on any atom is -0.497 e. The first kappa shape index (κ1) is 21.5. The van der Waals surface area contributed by atoms with Crippen LogP contribution in [0.4, 0.5) is 5.69 Å². The number of carbonyl (C=O) groups excluding carboxylic acids is 1. The van der Waals surface area contributed by atoms with Crippen molar-refractivity contribution < 1.29 is 13.9 Å². The molecule has 0 saturated carbocycles. The summed E-state index contributed by atoms with van der Waals surface area (Å²) in [5.41, 5.74) is 1.15. The number of piperazine rings is 1. The molecule has 1 saturated heterocycles. The smallest absolute Gasteiger partial charge is 0.243 e. The highest BCUT2D eigenvalue weighted by Crippen LogP contribution is 2.22. The Kier molecular flexibility index (Phi) is 7.59. The molecule has 0 atom stereocenters. The van der Waals surface area contributed by atoms with E-state index in [2.05, 4.69) is 32.2 Å². The molecule has 162 valence electrons. The van der Waals surface area contributed by atoms with Crippen molar-refractivity contribution in [3.8, 4) is 5.75 Å². The molecule has 2 aromatic rings. The number of methoxy groups -OCH3 is 1. The summed E-state index contributed by atoms with van der Waals surface area (Å²) in [6.45, 7) is 4.20. The minimum absolute atomic E-state index is 0.0182. The van der Waals surface area contributed by atoms with Gasteiger partial charge in [-0.15, -0.1) is 0 Å². The molecule has 1 fully saturated rings. The van der Waals surface area contributed by atoms with E-state index in [0.717, 1.165) is 55.8 Å². The SMILES string of the molecule is COc1cccc(N2CCN(C(=NCC(=O)N(C)C)NCCc3ccco3)CC2)c1. The number of anilines is 1. The number of nitrogens with one attached hydrogen (secondary N) is 1. The van der Waals surface area contributed by atoms with Gasteiger partial charge < -0.3 is 29.2 Å². The fourth-order valence-electron chi connectivity index (χ4n) is 3.29. The number of nitrogens with zero attached hydrogens (tertiary/aromatic N) is 4. The van der Waals surface area contributed by atoms with Crippen molar-refractivity contribution in [1.29, 1.82) is 0 Å². The van der Waals surface area contributed by atoms with Crippen LogP contribution in [-0.4, -0.2) is 82.1 Å². The van der Waals surface area contributed by atoms with Crippen LogP contribution >= 0.6 is 0 Å². The van der Waals surface area contributed by atoms with Gasteiger partial charge in [-0.1, -0.05) is 6.07 Å². The summed E-state index contributed by atoms with van der Waals surface area (Å²) in [6, 6.07) is 12.0. The van der Waals surface area contributed by atoms with Crippen LogP contribution < -0.4 is 15.0 Å². The Morgan fingerprint density at radius 2 is 2.00 bits per heavy atom. The van der Waals surface area contributed by atoms with Crippen LogP contribution in [0.1, 0.15) is 5.76 Å². The Morgan fingerprint density at radius 3 is 2.67 bits per heavy atom. The Morgan fingerprint density at radius 1 is 1.20 bits per heavy atom. The predicted molar refractivity (Wildman–Crippen MR) is 118 cm³/mol. The second-order valence-electron chi connectivity index (χ2n) is 7.36. The molecule has 1 aromatic carbocycles. The molecule has 8 nitrogen and oxygen atoms in total. The molecule has 3 rings (SSSR count).